The average molecular weight is 187 g/mol. The Morgan fingerprint density at radius 2 is 2.00 bits per heavy atom. The molecule has 0 aromatic carbocycles. The zero-order chi connectivity index (χ0) is 4.99. The van der Waals surface area contributed by atoms with E-state index in [9.17, 15) is 0 Å². The van der Waals surface area contributed by atoms with Crippen LogP contribution in [0.3, 0.4) is 0 Å². The molecule has 0 aliphatic carbocycles. The van der Waals surface area contributed by atoms with Crippen molar-refractivity contribution in [3.05, 3.63) is 18.6 Å². The van der Waals surface area contributed by atoms with Crippen LogP contribution < -0.4 is 17.0 Å². The van der Waals surface area contributed by atoms with Crippen LogP contribution in [0.1, 0.15) is 20.3 Å². The van der Waals surface area contributed by atoms with Crippen LogP contribution >= 0.6 is 0 Å². The molecule has 0 atom stereocenters. The van der Waals surface area contributed by atoms with Gasteiger partial charge in [-0.25, -0.2) is 18.6 Å². The number of allylic oxidation sites excluding steroid dienone is 2. The molecule has 0 heterocycles. The number of halogens is 1. The molecule has 0 spiro atoms. The van der Waals surface area contributed by atoms with Crippen molar-refractivity contribution in [3.63, 3.8) is 0 Å². The Morgan fingerprint density at radius 1 is 1.62 bits per heavy atom. The van der Waals surface area contributed by atoms with E-state index in [1.54, 1.807) is 0 Å². The maximum Gasteiger partial charge on any atom is 2.00 e. The molecule has 0 bridgehead atoms. The van der Waals surface area contributed by atoms with Gasteiger partial charge in [0.05, 0.1) is 0 Å². The van der Waals surface area contributed by atoms with Crippen LogP contribution in [0.15, 0.2) is 11.6 Å². The maximum absolute atomic E-state index is 3.74. The van der Waals surface area contributed by atoms with Crippen LogP contribution in [0, 0.1) is 6.92 Å². The van der Waals surface area contributed by atoms with E-state index in [1.165, 1.54) is 5.57 Å². The summed E-state index contributed by atoms with van der Waals surface area (Å²) in [5.41, 5.74) is 1.22. The molecule has 0 aromatic rings. The van der Waals surface area contributed by atoms with Gasteiger partial charge in [0.2, 0.25) is 0 Å². The van der Waals surface area contributed by atoms with Crippen LogP contribution in [0.25, 0.3) is 0 Å². The molecule has 0 fully saturated rings. The Bertz CT molecular complexity index is 59.5. The van der Waals surface area contributed by atoms with E-state index in [0.717, 1.165) is 6.42 Å². The smallest absolute Gasteiger partial charge is 1.00 e. The molecular weight excluding hydrogens is 176 g/mol. The molecule has 0 aromatic heterocycles. The Hall–Kier alpha value is 0.856. The fraction of sp³-hybridized carbons (Fsp3) is 0.500. The molecule has 0 amide bonds. The topological polar surface area (TPSA) is 0 Å². The number of rotatable bonds is 1. The molecule has 0 saturated heterocycles. The summed E-state index contributed by atoms with van der Waals surface area (Å²) in [5.74, 6) is 0. The zero-order valence-corrected chi connectivity index (χ0v) is 8.58. The van der Waals surface area contributed by atoms with Gasteiger partial charge in [-0.1, -0.05) is 13.3 Å². The molecule has 0 aliphatic rings. The third-order valence-corrected chi connectivity index (χ3v) is 0.862. The summed E-state index contributed by atoms with van der Waals surface area (Å²) in [6, 6.07) is 0. The summed E-state index contributed by atoms with van der Waals surface area (Å²) in [7, 11) is 0. The summed E-state index contributed by atoms with van der Waals surface area (Å²) in [6.07, 6.45) is 3.11. The van der Waals surface area contributed by atoms with Crippen LogP contribution in [0.2, 0.25) is 0 Å². The Labute approximate surface area is 78.7 Å². The van der Waals surface area contributed by atoms with Gasteiger partial charge in [-0.2, -0.15) is 0 Å². The first-order valence-corrected chi connectivity index (χ1v) is 2.28. The predicted octanol–water partition coefficient (Wildman–Crippen LogP) is -1.20. The van der Waals surface area contributed by atoms with Gasteiger partial charge in [-0.05, 0) is 0 Å². The summed E-state index contributed by atoms with van der Waals surface area (Å²) in [6.45, 7) is 7.84. The Morgan fingerprint density at radius 3 is 2.00 bits per heavy atom. The minimum atomic E-state index is 0. The van der Waals surface area contributed by atoms with E-state index in [4.69, 9.17) is 0 Å². The second kappa shape index (κ2) is 10.8. The van der Waals surface area contributed by atoms with Gasteiger partial charge in [0, 0.05) is 0 Å². The van der Waals surface area contributed by atoms with E-state index >= 15 is 0 Å². The van der Waals surface area contributed by atoms with Crippen molar-refractivity contribution >= 4 is 23.1 Å². The van der Waals surface area contributed by atoms with Gasteiger partial charge in [0.15, 0.2) is 0 Å². The van der Waals surface area contributed by atoms with Gasteiger partial charge in [0.25, 0.3) is 0 Å². The van der Waals surface area contributed by atoms with E-state index in [0.29, 0.717) is 0 Å². The maximum atomic E-state index is 3.74. The van der Waals surface area contributed by atoms with Crippen LogP contribution in [-0.4, -0.2) is 23.1 Å². The van der Waals surface area contributed by atoms with Gasteiger partial charge >= 0.3 is 23.1 Å². The molecule has 44 valence electrons. The Balaban J connectivity index is -0.000000125. The third-order valence-electron chi connectivity index (χ3n) is 0.862. The summed E-state index contributed by atoms with van der Waals surface area (Å²) >= 11 is 0. The van der Waals surface area contributed by atoms with Crippen molar-refractivity contribution in [2.24, 2.45) is 0 Å². The van der Waals surface area contributed by atoms with Gasteiger partial charge in [-0.15, -0.1) is 6.92 Å². The Kier molecular flexibility index (Phi) is 21.5. The second-order valence-corrected chi connectivity index (χ2v) is 1.30. The molecule has 0 rings (SSSR count). The van der Waals surface area contributed by atoms with Crippen molar-refractivity contribution in [2.45, 2.75) is 20.3 Å². The van der Waals surface area contributed by atoms with Gasteiger partial charge < -0.3 is 17.0 Å². The van der Waals surface area contributed by atoms with E-state index in [-0.39, 0.29) is 40.0 Å². The predicted molar refractivity (Wildman–Crippen MR) is 35.2 cm³/mol. The molecule has 0 saturated carbocycles. The normalized spacial score (nSPS) is 9.00. The fourth-order valence-corrected chi connectivity index (χ4v) is 0.204. The molecule has 0 radical (unpaired) electrons. The minimum absolute atomic E-state index is 0. The summed E-state index contributed by atoms with van der Waals surface area (Å²) in [5, 5.41) is 0. The third kappa shape index (κ3) is 9.97. The fourth-order valence-electron chi connectivity index (χ4n) is 0.204. The van der Waals surface area contributed by atoms with Crippen molar-refractivity contribution in [1.82, 2.24) is 0 Å². The molecular formula is C6H11BrMg. The number of hydrogen-bond acceptors (Lipinski definition) is 0. The van der Waals surface area contributed by atoms with E-state index in [2.05, 4.69) is 13.8 Å². The van der Waals surface area contributed by atoms with Crippen molar-refractivity contribution in [1.29, 1.82) is 0 Å². The first-order chi connectivity index (χ1) is 2.81. The molecule has 2 heteroatoms. The van der Waals surface area contributed by atoms with Crippen LogP contribution in [0.5, 0.6) is 0 Å². The van der Waals surface area contributed by atoms with Crippen molar-refractivity contribution in [2.75, 3.05) is 0 Å². The summed E-state index contributed by atoms with van der Waals surface area (Å²) in [4.78, 5) is 0. The molecule has 0 nitrogen and oxygen atoms in total. The first kappa shape index (κ1) is 15.9. The van der Waals surface area contributed by atoms with Crippen molar-refractivity contribution in [3.8, 4) is 0 Å². The zero-order valence-electron chi connectivity index (χ0n) is 5.58. The monoisotopic (exact) mass is 186 g/mol. The van der Waals surface area contributed by atoms with Gasteiger partial charge in [-0.3, -0.25) is 0 Å². The quantitative estimate of drug-likeness (QED) is 0.357. The van der Waals surface area contributed by atoms with E-state index < -0.39 is 0 Å². The van der Waals surface area contributed by atoms with Crippen LogP contribution in [0.4, 0.5) is 0 Å². The second-order valence-electron chi connectivity index (χ2n) is 1.30. The molecule has 8 heavy (non-hydrogen) atoms. The minimum Gasteiger partial charge on any atom is -1.00 e. The summed E-state index contributed by atoms with van der Waals surface area (Å²) < 4.78 is 0. The van der Waals surface area contributed by atoms with Gasteiger partial charge in [0.1, 0.15) is 0 Å². The largest absolute Gasteiger partial charge is 2.00 e. The average Bonchev–Trinajstić information content (AvgIpc) is 1.65. The van der Waals surface area contributed by atoms with Crippen molar-refractivity contribution < 1.29 is 17.0 Å². The number of hydrogen-bond donors (Lipinski definition) is 0. The molecule has 0 aliphatic heterocycles. The molecule has 0 unspecified atom stereocenters. The first-order valence-electron chi connectivity index (χ1n) is 2.28. The van der Waals surface area contributed by atoms with Crippen LogP contribution in [-0.2, 0) is 0 Å². The molecule has 0 N–H and O–H groups in total. The SMILES string of the molecule is [Br-].[CH2-]/C(=C/C)CC.[Mg+2]. The standard InChI is InChI=1S/C6H11.BrH.Mg/c1-4-6(3)5-2;;/h4H,3,5H2,1-2H3;1H;/q-1;;+2/p-1/b6-4-;;. The van der Waals surface area contributed by atoms with E-state index in [1.807, 2.05) is 13.0 Å².